The van der Waals surface area contributed by atoms with E-state index in [9.17, 15) is 4.79 Å². The van der Waals surface area contributed by atoms with Gasteiger partial charge in [-0.2, -0.15) is 0 Å². The Labute approximate surface area is 147 Å². The molecule has 3 nitrogen and oxygen atoms in total. The van der Waals surface area contributed by atoms with E-state index in [2.05, 4.69) is 53.2 Å². The summed E-state index contributed by atoms with van der Waals surface area (Å²) in [6.07, 6.45) is 4.45. The van der Waals surface area contributed by atoms with Crippen molar-refractivity contribution < 1.29 is 13.8 Å². The van der Waals surface area contributed by atoms with Gasteiger partial charge in [-0.25, -0.2) is 0 Å². The van der Waals surface area contributed by atoms with Crippen LogP contribution in [0.25, 0.3) is 0 Å². The third kappa shape index (κ3) is 6.91. The van der Waals surface area contributed by atoms with Crippen LogP contribution in [0.1, 0.15) is 60.8 Å². The van der Waals surface area contributed by atoms with Crippen molar-refractivity contribution in [1.29, 1.82) is 0 Å². The van der Waals surface area contributed by atoms with Crippen molar-refractivity contribution in [3.63, 3.8) is 0 Å². The standard InChI is InChI=1S/C18H36O3P2/c1-8-9-13(2)12-17(4,5)14(3)16(19)18(6,7)15(21-23)10-11-20-22/h8,13-15H,1,9-12,22-23H2,2-7H3/t13-,14-,15-/m0/s1. The Morgan fingerprint density at radius 2 is 1.78 bits per heavy atom. The summed E-state index contributed by atoms with van der Waals surface area (Å²) in [6.45, 7) is 17.0. The van der Waals surface area contributed by atoms with Crippen molar-refractivity contribution in [2.45, 2.75) is 66.9 Å². The van der Waals surface area contributed by atoms with Gasteiger partial charge in [-0.3, -0.25) is 4.79 Å². The van der Waals surface area contributed by atoms with Crippen molar-refractivity contribution in [2.24, 2.45) is 22.7 Å². The Morgan fingerprint density at radius 1 is 1.22 bits per heavy atom. The zero-order chi connectivity index (χ0) is 18.3. The lowest BCUT2D eigenvalue weighted by molar-refractivity contribution is -0.139. The van der Waals surface area contributed by atoms with E-state index in [-0.39, 0.29) is 23.2 Å². The molecule has 0 aliphatic rings. The highest BCUT2D eigenvalue weighted by atomic mass is 31.0. The largest absolute Gasteiger partial charge is 0.366 e. The second kappa shape index (κ2) is 10.2. The highest BCUT2D eigenvalue weighted by Gasteiger charge is 2.43. The number of carbonyl (C=O) groups excluding carboxylic acids is 1. The summed E-state index contributed by atoms with van der Waals surface area (Å²) in [4.78, 5) is 13.2. The highest BCUT2D eigenvalue weighted by molar-refractivity contribution is 7.10. The van der Waals surface area contributed by atoms with Crippen LogP contribution in [0.5, 0.6) is 0 Å². The molecule has 5 heteroatoms. The first-order chi connectivity index (χ1) is 10.5. The zero-order valence-corrected chi connectivity index (χ0v) is 18.0. The van der Waals surface area contributed by atoms with Crippen LogP contribution < -0.4 is 0 Å². The van der Waals surface area contributed by atoms with Crippen LogP contribution in [0.15, 0.2) is 12.7 Å². The Bertz CT molecular complexity index is 380. The zero-order valence-electron chi connectivity index (χ0n) is 15.7. The maximum absolute atomic E-state index is 13.2. The fourth-order valence-electron chi connectivity index (χ4n) is 3.29. The lowest BCUT2D eigenvalue weighted by Gasteiger charge is -2.40. The molecule has 0 spiro atoms. The summed E-state index contributed by atoms with van der Waals surface area (Å²) in [5.74, 6) is 0.744. The topological polar surface area (TPSA) is 35.5 Å². The molecule has 23 heavy (non-hydrogen) atoms. The molecule has 0 bridgehead atoms. The van der Waals surface area contributed by atoms with Gasteiger partial charge in [0.05, 0.1) is 18.1 Å². The lowest BCUT2D eigenvalue weighted by atomic mass is 9.65. The molecule has 0 aliphatic heterocycles. The first-order valence-electron chi connectivity index (χ1n) is 8.37. The molecule has 5 atom stereocenters. The normalized spacial score (nSPS) is 16.7. The number of hydrogen-bond acceptors (Lipinski definition) is 3. The van der Waals surface area contributed by atoms with Gasteiger partial charge in [0.25, 0.3) is 0 Å². The molecule has 0 aliphatic carbocycles. The van der Waals surface area contributed by atoms with Gasteiger partial charge in [0.15, 0.2) is 0 Å². The van der Waals surface area contributed by atoms with Gasteiger partial charge >= 0.3 is 0 Å². The average molecular weight is 362 g/mol. The summed E-state index contributed by atoms with van der Waals surface area (Å²) in [5.41, 5.74) is -0.609. The molecule has 136 valence electrons. The molecular weight excluding hydrogens is 326 g/mol. The maximum atomic E-state index is 13.2. The average Bonchev–Trinajstić information content (AvgIpc) is 2.45. The van der Waals surface area contributed by atoms with Crippen LogP contribution in [0, 0.1) is 22.7 Å². The first kappa shape index (κ1) is 23.2. The van der Waals surface area contributed by atoms with Gasteiger partial charge in [0.2, 0.25) is 0 Å². The van der Waals surface area contributed by atoms with E-state index >= 15 is 0 Å². The van der Waals surface area contributed by atoms with E-state index in [1.165, 1.54) is 0 Å². The minimum Gasteiger partial charge on any atom is -0.366 e. The number of Topliss-reactive ketones (excluding diaryl/α,β-unsaturated/α-hetero) is 1. The lowest BCUT2D eigenvalue weighted by Crippen LogP contribution is -2.45. The minimum absolute atomic E-state index is 0.0377. The number of hydrogen-bond donors (Lipinski definition) is 0. The van der Waals surface area contributed by atoms with Gasteiger partial charge in [0.1, 0.15) is 5.78 Å². The van der Waals surface area contributed by atoms with E-state index in [4.69, 9.17) is 9.05 Å². The van der Waals surface area contributed by atoms with Crippen LogP contribution in [0.4, 0.5) is 0 Å². The number of allylic oxidation sites excluding steroid dienone is 1. The molecule has 0 saturated carbocycles. The second-order valence-electron chi connectivity index (χ2n) is 7.91. The predicted octanol–water partition coefficient (Wildman–Crippen LogP) is 5.22. The minimum atomic E-state index is -0.552. The molecule has 0 fully saturated rings. The molecule has 0 N–H and O–H groups in total. The summed E-state index contributed by atoms with van der Waals surface area (Å²) in [7, 11) is 4.54. The summed E-state index contributed by atoms with van der Waals surface area (Å²) >= 11 is 0. The van der Waals surface area contributed by atoms with Crippen LogP contribution >= 0.6 is 18.9 Å². The molecule has 0 rings (SSSR count). The SMILES string of the molecule is C=CC[C@H](C)CC(C)(C)[C@@H](C)C(=O)C(C)(C)[C@H](CCOP)OP. The molecular formula is C18H36O3P2. The second-order valence-corrected chi connectivity index (χ2v) is 8.52. The number of ketones is 1. The maximum Gasteiger partial charge on any atom is 0.144 e. The molecule has 0 radical (unpaired) electrons. The van der Waals surface area contributed by atoms with Crippen molar-refractivity contribution in [2.75, 3.05) is 6.61 Å². The summed E-state index contributed by atoms with van der Waals surface area (Å²) < 4.78 is 10.6. The van der Waals surface area contributed by atoms with Gasteiger partial charge in [0, 0.05) is 24.9 Å². The third-order valence-corrected chi connectivity index (χ3v) is 5.68. The molecule has 0 aromatic carbocycles. The Morgan fingerprint density at radius 3 is 2.22 bits per heavy atom. The fourth-order valence-corrected chi connectivity index (χ4v) is 3.90. The van der Waals surface area contributed by atoms with E-state index in [1.54, 1.807) is 0 Å². The van der Waals surface area contributed by atoms with Crippen LogP contribution in [0.2, 0.25) is 0 Å². The predicted molar refractivity (Wildman–Crippen MR) is 105 cm³/mol. The van der Waals surface area contributed by atoms with E-state index in [0.717, 1.165) is 12.8 Å². The van der Waals surface area contributed by atoms with E-state index < -0.39 is 5.41 Å². The summed E-state index contributed by atoms with van der Waals surface area (Å²) in [6, 6.07) is 0. The quantitative estimate of drug-likeness (QED) is 0.353. The first-order valence-corrected chi connectivity index (χ1v) is 9.31. The molecule has 0 aromatic heterocycles. The molecule has 0 heterocycles. The van der Waals surface area contributed by atoms with Crippen molar-refractivity contribution in [1.82, 2.24) is 0 Å². The van der Waals surface area contributed by atoms with Crippen molar-refractivity contribution >= 4 is 24.7 Å². The third-order valence-electron chi connectivity index (χ3n) is 5.11. The van der Waals surface area contributed by atoms with E-state index in [0.29, 0.717) is 18.9 Å². The Kier molecular flexibility index (Phi) is 10.3. The molecule has 2 unspecified atom stereocenters. The highest BCUT2D eigenvalue weighted by Crippen LogP contribution is 2.41. The molecule has 0 saturated heterocycles. The Hall–Kier alpha value is 0.190. The monoisotopic (exact) mass is 362 g/mol. The van der Waals surface area contributed by atoms with E-state index in [1.807, 2.05) is 19.9 Å². The smallest absolute Gasteiger partial charge is 0.144 e. The number of carbonyl (C=O) groups is 1. The van der Waals surface area contributed by atoms with Crippen LogP contribution in [-0.2, 0) is 13.8 Å². The van der Waals surface area contributed by atoms with Crippen molar-refractivity contribution in [3.8, 4) is 0 Å². The summed E-state index contributed by atoms with van der Waals surface area (Å²) in [5, 5.41) is 0. The van der Waals surface area contributed by atoms with Gasteiger partial charge < -0.3 is 9.05 Å². The van der Waals surface area contributed by atoms with Crippen LogP contribution in [0.3, 0.4) is 0 Å². The van der Waals surface area contributed by atoms with Gasteiger partial charge in [-0.1, -0.05) is 47.6 Å². The molecule has 0 amide bonds. The van der Waals surface area contributed by atoms with Gasteiger partial charge in [-0.05, 0) is 30.6 Å². The Balaban J connectivity index is 5.11. The van der Waals surface area contributed by atoms with Crippen LogP contribution in [-0.4, -0.2) is 18.5 Å². The molecule has 0 aromatic rings. The number of rotatable bonds is 12. The van der Waals surface area contributed by atoms with Gasteiger partial charge in [-0.15, -0.1) is 6.58 Å². The fraction of sp³-hybridized carbons (Fsp3) is 0.833. The van der Waals surface area contributed by atoms with Crippen molar-refractivity contribution in [3.05, 3.63) is 12.7 Å².